The van der Waals surface area contributed by atoms with Crippen molar-refractivity contribution in [3.05, 3.63) is 167 Å². The molecular formula is C45H43NO6. The van der Waals surface area contributed by atoms with Gasteiger partial charge in [0, 0.05) is 29.8 Å². The molecule has 6 aromatic carbocycles. The van der Waals surface area contributed by atoms with E-state index in [9.17, 15) is 9.59 Å². The zero-order valence-corrected chi connectivity index (χ0v) is 29.8. The molecule has 0 saturated carbocycles. The molecule has 0 aromatic heterocycles. The number of nitrogens with one attached hydrogen (secondary N) is 1. The van der Waals surface area contributed by atoms with Crippen LogP contribution in [0, 0.1) is 0 Å². The fraction of sp³-hybridized carbons (Fsp3) is 0.200. The largest absolute Gasteiger partial charge is 0.488 e. The van der Waals surface area contributed by atoms with Crippen LogP contribution in [0.3, 0.4) is 0 Å². The van der Waals surface area contributed by atoms with Gasteiger partial charge in [0.15, 0.2) is 0 Å². The van der Waals surface area contributed by atoms with Gasteiger partial charge in [-0.05, 0) is 57.6 Å². The third kappa shape index (κ3) is 8.33. The summed E-state index contributed by atoms with van der Waals surface area (Å²) in [4.78, 5) is 25.7. The molecule has 0 aliphatic carbocycles. The number of methoxy groups -OCH3 is 1. The highest BCUT2D eigenvalue weighted by Gasteiger charge is 2.29. The molecule has 52 heavy (non-hydrogen) atoms. The van der Waals surface area contributed by atoms with Gasteiger partial charge < -0.3 is 24.3 Å². The third-order valence-corrected chi connectivity index (χ3v) is 8.98. The van der Waals surface area contributed by atoms with E-state index in [2.05, 4.69) is 5.32 Å². The fourth-order valence-electron chi connectivity index (χ4n) is 6.41. The van der Waals surface area contributed by atoms with Gasteiger partial charge in [0.05, 0.1) is 18.2 Å². The Morgan fingerprint density at radius 2 is 1.29 bits per heavy atom. The first-order valence-electron chi connectivity index (χ1n) is 17.7. The van der Waals surface area contributed by atoms with Crippen LogP contribution >= 0.6 is 0 Å². The zero-order chi connectivity index (χ0) is 36.3. The maximum Gasteiger partial charge on any atom is 0.338 e. The lowest BCUT2D eigenvalue weighted by Gasteiger charge is -2.31. The van der Waals surface area contributed by atoms with E-state index in [1.54, 1.807) is 18.2 Å². The van der Waals surface area contributed by atoms with E-state index in [0.29, 0.717) is 43.1 Å². The predicted octanol–water partition coefficient (Wildman–Crippen LogP) is 9.35. The average Bonchev–Trinajstić information content (AvgIpc) is 3.22. The van der Waals surface area contributed by atoms with Gasteiger partial charge in [-0.15, -0.1) is 0 Å². The molecule has 0 spiro atoms. The quantitative estimate of drug-likeness (QED) is 0.135. The second-order valence-corrected chi connectivity index (χ2v) is 12.2. The van der Waals surface area contributed by atoms with E-state index in [-0.39, 0.29) is 18.6 Å². The summed E-state index contributed by atoms with van der Waals surface area (Å²) < 4.78 is 24.0. The SMILES string of the molecule is CC.COC(=O)c1ccc(-c2c(OCc3ccccc3)cc(OCc3ccccc3)c3c2CC(COC(=O)c2cccc4ccccc24)NC3)cc1. The highest BCUT2D eigenvalue weighted by atomic mass is 16.5. The summed E-state index contributed by atoms with van der Waals surface area (Å²) in [7, 11) is 1.37. The smallest absolute Gasteiger partial charge is 0.338 e. The van der Waals surface area contributed by atoms with Crippen molar-refractivity contribution in [3.63, 3.8) is 0 Å². The molecular weight excluding hydrogens is 650 g/mol. The zero-order valence-electron chi connectivity index (χ0n) is 29.8. The van der Waals surface area contributed by atoms with Crippen molar-refractivity contribution >= 4 is 22.7 Å². The molecule has 0 radical (unpaired) electrons. The summed E-state index contributed by atoms with van der Waals surface area (Å²) in [5.74, 6) is 0.622. The Labute approximate surface area is 305 Å². The highest BCUT2D eigenvalue weighted by molar-refractivity contribution is 6.04. The molecule has 1 heterocycles. The lowest BCUT2D eigenvalue weighted by atomic mass is 9.87. The van der Waals surface area contributed by atoms with Crippen molar-refractivity contribution in [2.24, 2.45) is 0 Å². The Hall–Kier alpha value is -5.92. The molecule has 1 aliphatic rings. The van der Waals surface area contributed by atoms with Crippen molar-refractivity contribution in [3.8, 4) is 22.6 Å². The maximum absolute atomic E-state index is 13.4. The molecule has 0 amide bonds. The van der Waals surface area contributed by atoms with Gasteiger partial charge >= 0.3 is 11.9 Å². The lowest BCUT2D eigenvalue weighted by Crippen LogP contribution is -2.40. The normalized spacial score (nSPS) is 13.2. The Bertz CT molecular complexity index is 2110. The van der Waals surface area contributed by atoms with Crippen LogP contribution in [0.25, 0.3) is 21.9 Å². The summed E-state index contributed by atoms with van der Waals surface area (Å²) in [6.45, 7) is 5.43. The number of hydrogen-bond acceptors (Lipinski definition) is 7. The highest BCUT2D eigenvalue weighted by Crippen LogP contribution is 2.43. The fourth-order valence-corrected chi connectivity index (χ4v) is 6.41. The van der Waals surface area contributed by atoms with E-state index in [1.165, 1.54) is 7.11 Å². The molecule has 264 valence electrons. The van der Waals surface area contributed by atoms with Gasteiger partial charge in [0.25, 0.3) is 0 Å². The molecule has 0 bridgehead atoms. The van der Waals surface area contributed by atoms with E-state index < -0.39 is 5.97 Å². The molecule has 6 aromatic rings. The number of rotatable bonds is 11. The average molecular weight is 694 g/mol. The van der Waals surface area contributed by atoms with Crippen LogP contribution in [-0.4, -0.2) is 31.7 Å². The van der Waals surface area contributed by atoms with Crippen LogP contribution in [0.5, 0.6) is 11.5 Å². The molecule has 0 saturated heterocycles. The molecule has 1 unspecified atom stereocenters. The van der Waals surface area contributed by atoms with Crippen molar-refractivity contribution < 1.29 is 28.5 Å². The van der Waals surface area contributed by atoms with Crippen molar-refractivity contribution in [2.45, 2.75) is 46.1 Å². The van der Waals surface area contributed by atoms with Crippen molar-refractivity contribution in [1.29, 1.82) is 0 Å². The minimum atomic E-state index is -0.402. The van der Waals surface area contributed by atoms with Gasteiger partial charge in [0.2, 0.25) is 0 Å². The Morgan fingerprint density at radius 1 is 0.673 bits per heavy atom. The third-order valence-electron chi connectivity index (χ3n) is 8.98. The predicted molar refractivity (Wildman–Crippen MR) is 205 cm³/mol. The Balaban J connectivity index is 0.00000228. The number of esters is 2. The first-order valence-corrected chi connectivity index (χ1v) is 17.7. The summed E-state index contributed by atoms with van der Waals surface area (Å²) in [6.07, 6.45) is 0.552. The van der Waals surface area contributed by atoms with E-state index in [0.717, 1.165) is 49.9 Å². The molecule has 1 N–H and O–H groups in total. The van der Waals surface area contributed by atoms with Crippen molar-refractivity contribution in [1.82, 2.24) is 5.32 Å². The second-order valence-electron chi connectivity index (χ2n) is 12.2. The Kier molecular flexibility index (Phi) is 12.0. The molecule has 7 rings (SSSR count). The van der Waals surface area contributed by atoms with Crippen LogP contribution in [0.4, 0.5) is 0 Å². The van der Waals surface area contributed by atoms with Crippen LogP contribution in [-0.2, 0) is 35.7 Å². The van der Waals surface area contributed by atoms with Crippen LogP contribution in [0.1, 0.15) is 56.8 Å². The van der Waals surface area contributed by atoms with E-state index in [1.807, 2.05) is 129 Å². The number of benzene rings is 6. The van der Waals surface area contributed by atoms with Crippen LogP contribution < -0.4 is 14.8 Å². The molecule has 1 atom stereocenters. The van der Waals surface area contributed by atoms with Gasteiger partial charge in [-0.1, -0.05) is 123 Å². The number of ether oxygens (including phenoxy) is 4. The Morgan fingerprint density at radius 3 is 1.96 bits per heavy atom. The van der Waals surface area contributed by atoms with E-state index in [4.69, 9.17) is 18.9 Å². The van der Waals surface area contributed by atoms with Crippen molar-refractivity contribution in [2.75, 3.05) is 13.7 Å². The minimum Gasteiger partial charge on any atom is -0.488 e. The number of fused-ring (bicyclic) bond motifs is 2. The maximum atomic E-state index is 13.4. The first-order chi connectivity index (χ1) is 25.6. The summed E-state index contributed by atoms with van der Waals surface area (Å²) >= 11 is 0. The van der Waals surface area contributed by atoms with Gasteiger partial charge in [-0.2, -0.15) is 0 Å². The van der Waals surface area contributed by atoms with Crippen LogP contribution in [0.15, 0.2) is 133 Å². The standard InChI is InChI=1S/C43H37NO6.C2H6/c1-47-42(45)33-21-19-32(20-22-33)41-37-23-34(28-50-43(46)36-18-10-16-31-15-8-9-17-35(31)36)44-25-38(37)39(48-26-29-11-4-2-5-12-29)24-40(41)49-27-30-13-6-3-7-14-30;1-2/h2-22,24,34,44H,23,25-28H2,1H3;1-2H3. The van der Waals surface area contributed by atoms with Gasteiger partial charge in [-0.25, -0.2) is 9.59 Å². The van der Waals surface area contributed by atoms with Crippen LogP contribution in [0.2, 0.25) is 0 Å². The lowest BCUT2D eigenvalue weighted by molar-refractivity contribution is 0.0462. The molecule has 7 nitrogen and oxygen atoms in total. The molecule has 1 aliphatic heterocycles. The number of carbonyl (C=O) groups is 2. The van der Waals surface area contributed by atoms with Gasteiger partial charge in [-0.3, -0.25) is 0 Å². The summed E-state index contributed by atoms with van der Waals surface area (Å²) in [6, 6.07) is 42.7. The van der Waals surface area contributed by atoms with E-state index >= 15 is 0 Å². The topological polar surface area (TPSA) is 83.1 Å². The second kappa shape index (κ2) is 17.3. The number of carbonyl (C=O) groups excluding carboxylic acids is 2. The van der Waals surface area contributed by atoms with Gasteiger partial charge in [0.1, 0.15) is 31.3 Å². The summed E-state index contributed by atoms with van der Waals surface area (Å²) in [5.41, 5.74) is 6.93. The molecule has 7 heteroatoms. The molecule has 0 fully saturated rings. The number of hydrogen-bond donors (Lipinski definition) is 1. The summed E-state index contributed by atoms with van der Waals surface area (Å²) in [5, 5.41) is 5.43. The minimum absolute atomic E-state index is 0.166. The first kappa shape index (κ1) is 35.9. The monoisotopic (exact) mass is 693 g/mol.